The van der Waals surface area contributed by atoms with Gasteiger partial charge >= 0.3 is 0 Å². The van der Waals surface area contributed by atoms with Crippen LogP contribution in [0.25, 0.3) is 11.3 Å². The number of hydrogen-bond donors (Lipinski definition) is 0. The maximum absolute atomic E-state index is 13.4. The number of benzene rings is 3. The largest absolute Gasteiger partial charge is 0.378 e. The maximum atomic E-state index is 13.4. The first kappa shape index (κ1) is 23.2. The molecule has 0 amide bonds. The Morgan fingerprint density at radius 1 is 0.889 bits per heavy atom. The zero-order valence-corrected chi connectivity index (χ0v) is 21.1. The Morgan fingerprint density at radius 2 is 1.58 bits per heavy atom. The summed E-state index contributed by atoms with van der Waals surface area (Å²) in [6.45, 7) is 3.35. The third kappa shape index (κ3) is 4.74. The molecule has 2 aliphatic rings. The molecule has 2 aliphatic heterocycles. The van der Waals surface area contributed by atoms with Crippen LogP contribution >= 0.6 is 22.9 Å². The predicted octanol–water partition coefficient (Wildman–Crippen LogP) is 6.79. The Kier molecular flexibility index (Phi) is 6.44. The lowest BCUT2D eigenvalue weighted by atomic mass is 9.98. The minimum atomic E-state index is -0.259. The van der Waals surface area contributed by atoms with Crippen LogP contribution in [0.2, 0.25) is 5.02 Å². The molecule has 182 valence electrons. The fraction of sp³-hybridized carbons (Fsp3) is 0.214. The number of thiazole rings is 1. The SMILES string of the molecule is Fc1ccc(-c2csc(N3N=C(c4ccc(N5CCOCC5)cc4)CC3c3ccc(Cl)cc3)n2)cc1. The molecule has 5 nitrogen and oxygen atoms in total. The second-order valence-corrected chi connectivity index (χ2v) is 10.1. The highest BCUT2D eigenvalue weighted by Gasteiger charge is 2.32. The molecule has 1 unspecified atom stereocenters. The lowest BCUT2D eigenvalue weighted by Crippen LogP contribution is -2.36. The maximum Gasteiger partial charge on any atom is 0.207 e. The molecule has 0 spiro atoms. The van der Waals surface area contributed by atoms with Gasteiger partial charge in [-0.05, 0) is 59.7 Å². The van der Waals surface area contributed by atoms with Crippen LogP contribution in [0.1, 0.15) is 23.6 Å². The van der Waals surface area contributed by atoms with Gasteiger partial charge in [-0.25, -0.2) is 14.4 Å². The summed E-state index contributed by atoms with van der Waals surface area (Å²) in [6.07, 6.45) is 0.754. The zero-order valence-electron chi connectivity index (χ0n) is 19.5. The van der Waals surface area contributed by atoms with Crippen LogP contribution in [0.5, 0.6) is 0 Å². The summed E-state index contributed by atoms with van der Waals surface area (Å²) >= 11 is 7.70. The molecular weight excluding hydrogens is 495 g/mol. The van der Waals surface area contributed by atoms with Gasteiger partial charge in [0.05, 0.1) is 30.7 Å². The van der Waals surface area contributed by atoms with Gasteiger partial charge in [0.1, 0.15) is 5.82 Å². The van der Waals surface area contributed by atoms with Crippen molar-refractivity contribution in [3.63, 3.8) is 0 Å². The Labute approximate surface area is 218 Å². The van der Waals surface area contributed by atoms with Gasteiger partial charge in [-0.2, -0.15) is 5.10 Å². The molecule has 0 N–H and O–H groups in total. The van der Waals surface area contributed by atoms with Gasteiger partial charge in [-0.1, -0.05) is 35.9 Å². The second-order valence-electron chi connectivity index (χ2n) is 8.83. The fourth-order valence-corrected chi connectivity index (χ4v) is 5.57. The van der Waals surface area contributed by atoms with E-state index in [0.717, 1.165) is 66.0 Å². The average molecular weight is 519 g/mol. The minimum absolute atomic E-state index is 0.00315. The van der Waals surface area contributed by atoms with E-state index in [-0.39, 0.29) is 11.9 Å². The predicted molar refractivity (Wildman–Crippen MR) is 145 cm³/mol. The van der Waals surface area contributed by atoms with Crippen molar-refractivity contribution in [2.75, 3.05) is 36.2 Å². The molecule has 1 aromatic heterocycles. The topological polar surface area (TPSA) is 41.0 Å². The highest BCUT2D eigenvalue weighted by atomic mass is 35.5. The Bertz CT molecular complexity index is 1370. The summed E-state index contributed by atoms with van der Waals surface area (Å²) in [7, 11) is 0. The van der Waals surface area contributed by atoms with Gasteiger partial charge in [0.25, 0.3) is 0 Å². The van der Waals surface area contributed by atoms with E-state index in [4.69, 9.17) is 26.4 Å². The summed E-state index contributed by atoms with van der Waals surface area (Å²) in [4.78, 5) is 7.21. The number of anilines is 2. The molecule has 1 fully saturated rings. The number of hydrazone groups is 1. The summed E-state index contributed by atoms with van der Waals surface area (Å²) in [5.74, 6) is -0.259. The molecular formula is C28H24ClFN4OS. The first-order valence-corrected chi connectivity index (χ1v) is 13.2. The van der Waals surface area contributed by atoms with E-state index in [2.05, 4.69) is 41.3 Å². The minimum Gasteiger partial charge on any atom is -0.378 e. The number of hydrogen-bond acceptors (Lipinski definition) is 6. The molecule has 1 atom stereocenters. The van der Waals surface area contributed by atoms with E-state index in [9.17, 15) is 4.39 Å². The highest BCUT2D eigenvalue weighted by Crippen LogP contribution is 2.39. The number of halogens is 2. The smallest absolute Gasteiger partial charge is 0.207 e. The highest BCUT2D eigenvalue weighted by molar-refractivity contribution is 7.14. The Hall–Kier alpha value is -3.26. The molecule has 0 aliphatic carbocycles. The third-order valence-electron chi connectivity index (χ3n) is 6.57. The quantitative estimate of drug-likeness (QED) is 0.291. The third-order valence-corrected chi connectivity index (χ3v) is 7.65. The lowest BCUT2D eigenvalue weighted by molar-refractivity contribution is 0.122. The number of morpholine rings is 1. The molecule has 3 heterocycles. The summed E-state index contributed by atoms with van der Waals surface area (Å²) in [5, 5.41) is 10.5. The molecule has 36 heavy (non-hydrogen) atoms. The molecule has 1 saturated heterocycles. The van der Waals surface area contributed by atoms with Crippen LogP contribution < -0.4 is 9.91 Å². The first-order chi connectivity index (χ1) is 17.6. The van der Waals surface area contributed by atoms with Crippen molar-refractivity contribution < 1.29 is 9.13 Å². The van der Waals surface area contributed by atoms with Crippen molar-refractivity contribution >= 4 is 39.5 Å². The van der Waals surface area contributed by atoms with Crippen LogP contribution in [0.15, 0.2) is 83.3 Å². The van der Waals surface area contributed by atoms with Gasteiger partial charge in [0.2, 0.25) is 5.13 Å². The monoisotopic (exact) mass is 518 g/mol. The fourth-order valence-electron chi connectivity index (χ4n) is 4.61. The van der Waals surface area contributed by atoms with Crippen LogP contribution in [0.4, 0.5) is 15.2 Å². The van der Waals surface area contributed by atoms with Gasteiger partial charge in [-0.3, -0.25) is 0 Å². The van der Waals surface area contributed by atoms with Crippen LogP contribution in [-0.4, -0.2) is 37.0 Å². The number of aromatic nitrogens is 1. The standard InChI is InChI=1S/C28H24ClFN4OS/c29-22-7-1-21(2-8-22)27-17-25(19-5-11-24(12-6-19)33-13-15-35-16-14-33)32-34(27)28-31-26(18-36-28)20-3-9-23(30)10-4-20/h1-12,18,27H,13-17H2. The van der Waals surface area contributed by atoms with E-state index in [0.29, 0.717) is 5.02 Å². The van der Waals surface area contributed by atoms with E-state index in [1.807, 2.05) is 22.5 Å². The number of ether oxygens (including phenoxy) is 1. The van der Waals surface area contributed by atoms with E-state index in [1.54, 1.807) is 12.1 Å². The van der Waals surface area contributed by atoms with Gasteiger partial charge < -0.3 is 9.64 Å². The van der Waals surface area contributed by atoms with Crippen molar-refractivity contribution in [1.82, 2.24) is 4.98 Å². The molecule has 4 aromatic rings. The lowest BCUT2D eigenvalue weighted by Gasteiger charge is -2.28. The van der Waals surface area contributed by atoms with Gasteiger partial charge in [0.15, 0.2) is 0 Å². The van der Waals surface area contributed by atoms with Crippen molar-refractivity contribution in [3.8, 4) is 11.3 Å². The number of rotatable bonds is 5. The Morgan fingerprint density at radius 3 is 2.31 bits per heavy atom. The van der Waals surface area contributed by atoms with Crippen molar-refractivity contribution in [2.45, 2.75) is 12.5 Å². The van der Waals surface area contributed by atoms with Gasteiger partial charge in [-0.15, -0.1) is 11.3 Å². The number of nitrogens with zero attached hydrogens (tertiary/aromatic N) is 4. The van der Waals surface area contributed by atoms with Crippen molar-refractivity contribution in [2.24, 2.45) is 5.10 Å². The molecule has 8 heteroatoms. The van der Waals surface area contributed by atoms with Crippen LogP contribution in [0.3, 0.4) is 0 Å². The second kappa shape index (κ2) is 10.0. The molecule has 0 radical (unpaired) electrons. The van der Waals surface area contributed by atoms with Crippen molar-refractivity contribution in [3.05, 3.63) is 100 Å². The normalized spacial score (nSPS) is 17.9. The van der Waals surface area contributed by atoms with Crippen LogP contribution in [0, 0.1) is 5.82 Å². The van der Waals surface area contributed by atoms with Gasteiger partial charge in [0, 0.05) is 41.2 Å². The summed E-state index contributed by atoms with van der Waals surface area (Å²) in [5.41, 5.74) is 6.13. The zero-order chi connectivity index (χ0) is 24.5. The van der Waals surface area contributed by atoms with Crippen molar-refractivity contribution in [1.29, 1.82) is 0 Å². The van der Waals surface area contributed by atoms with E-state index >= 15 is 0 Å². The molecule has 0 bridgehead atoms. The average Bonchev–Trinajstić information content (AvgIpc) is 3.58. The Balaban J connectivity index is 1.31. The molecule has 0 saturated carbocycles. The molecule has 6 rings (SSSR count). The van der Waals surface area contributed by atoms with Crippen LogP contribution in [-0.2, 0) is 4.74 Å². The summed E-state index contributed by atoms with van der Waals surface area (Å²) < 4.78 is 18.9. The molecule has 3 aromatic carbocycles. The summed E-state index contributed by atoms with van der Waals surface area (Å²) in [6, 6.07) is 23.0. The first-order valence-electron chi connectivity index (χ1n) is 11.9. The van der Waals surface area contributed by atoms with E-state index < -0.39 is 0 Å². The van der Waals surface area contributed by atoms with E-state index in [1.165, 1.54) is 29.2 Å².